The summed E-state index contributed by atoms with van der Waals surface area (Å²) in [7, 11) is -3.23. The lowest BCUT2D eigenvalue weighted by Crippen LogP contribution is -2.28. The zero-order valence-corrected chi connectivity index (χ0v) is 14.4. The molecule has 1 unspecified atom stereocenters. The third-order valence-corrected chi connectivity index (χ3v) is 5.97. The smallest absolute Gasteiger partial charge is 0.271 e. The predicted molar refractivity (Wildman–Crippen MR) is 91.9 cm³/mol. The molecule has 0 bridgehead atoms. The molecule has 0 saturated heterocycles. The van der Waals surface area contributed by atoms with Gasteiger partial charge in [-0.05, 0) is 32.3 Å². The summed E-state index contributed by atoms with van der Waals surface area (Å²) in [5.74, 6) is 0. The Balaban J connectivity index is 2.25. The lowest BCUT2D eigenvalue weighted by Gasteiger charge is -2.28. The molecular weight excluding hydrogens is 295 g/mol. The van der Waals surface area contributed by atoms with Crippen molar-refractivity contribution in [3.05, 3.63) is 35.9 Å². The molecule has 22 heavy (non-hydrogen) atoms. The van der Waals surface area contributed by atoms with Crippen LogP contribution in [-0.2, 0) is 9.05 Å². The highest BCUT2D eigenvalue weighted by Crippen LogP contribution is 2.52. The molecule has 0 aliphatic carbocycles. The molecule has 1 aliphatic rings. The Bertz CT molecular complexity index is 475. The highest BCUT2D eigenvalue weighted by atomic mass is 31.2. The molecule has 0 amide bonds. The zero-order chi connectivity index (χ0) is 15.7. The maximum absolute atomic E-state index is 13.2. The lowest BCUT2D eigenvalue weighted by atomic mass is 10.1. The molecule has 3 nitrogen and oxygen atoms in total. The average Bonchev–Trinajstić information content (AvgIpc) is 2.52. The van der Waals surface area contributed by atoms with Crippen molar-refractivity contribution in [1.29, 1.82) is 0 Å². The highest BCUT2D eigenvalue weighted by Gasteiger charge is 2.35. The van der Waals surface area contributed by atoms with E-state index in [0.29, 0.717) is 18.5 Å². The Morgan fingerprint density at radius 3 is 2.64 bits per heavy atom. The summed E-state index contributed by atoms with van der Waals surface area (Å²) in [4.78, 5) is 13.2. The van der Waals surface area contributed by atoms with Crippen LogP contribution in [0.4, 0.5) is 0 Å². The first-order valence-corrected chi connectivity index (χ1v) is 9.96. The molecule has 4 heteroatoms. The van der Waals surface area contributed by atoms with Crippen molar-refractivity contribution in [2.24, 2.45) is 0 Å². The van der Waals surface area contributed by atoms with E-state index in [2.05, 4.69) is 12.2 Å². The van der Waals surface area contributed by atoms with Gasteiger partial charge in [-0.2, -0.15) is 0 Å². The van der Waals surface area contributed by atoms with Gasteiger partial charge >= 0.3 is 0 Å². The van der Waals surface area contributed by atoms with Crippen LogP contribution in [0.1, 0.15) is 57.4 Å². The molecule has 122 valence electrons. The highest BCUT2D eigenvalue weighted by molar-refractivity contribution is 7.67. The topological polar surface area (TPSA) is 41.5 Å². The minimum atomic E-state index is -3.23. The first-order chi connectivity index (χ1) is 10.8. The van der Waals surface area contributed by atoms with E-state index < -0.39 is 7.94 Å². The number of rotatable bonds is 2. The van der Waals surface area contributed by atoms with Gasteiger partial charge in [0.2, 0.25) is 0 Å². The van der Waals surface area contributed by atoms with Gasteiger partial charge in [0.05, 0.1) is 13.2 Å². The van der Waals surface area contributed by atoms with Gasteiger partial charge in [0, 0.05) is 5.56 Å². The molecule has 0 radical (unpaired) electrons. The van der Waals surface area contributed by atoms with Gasteiger partial charge in [0.15, 0.2) is 5.30 Å². The van der Waals surface area contributed by atoms with E-state index in [1.54, 1.807) is 0 Å². The van der Waals surface area contributed by atoms with Crippen molar-refractivity contribution in [3.63, 3.8) is 0 Å². The fourth-order valence-corrected chi connectivity index (χ4v) is 4.49. The Morgan fingerprint density at radius 2 is 1.82 bits per heavy atom. The maximum atomic E-state index is 13.2. The minimum absolute atomic E-state index is 0.384. The molecule has 1 heterocycles. The van der Waals surface area contributed by atoms with E-state index in [1.165, 1.54) is 25.7 Å². The minimum Gasteiger partial charge on any atom is -0.627 e. The maximum Gasteiger partial charge on any atom is 0.271 e. The van der Waals surface area contributed by atoms with Crippen molar-refractivity contribution in [2.45, 2.75) is 51.9 Å². The number of hydrogen-bond donors (Lipinski definition) is 0. The number of fused-ring (bicyclic) bond motifs is 1. The van der Waals surface area contributed by atoms with Gasteiger partial charge < -0.3 is 4.89 Å². The summed E-state index contributed by atoms with van der Waals surface area (Å²) in [5, 5.41) is 0.685. The molecule has 0 spiro atoms. The Labute approximate surface area is 134 Å². The Hall–Kier alpha value is -0.730. The van der Waals surface area contributed by atoms with Crippen LogP contribution < -0.4 is 10.2 Å². The van der Waals surface area contributed by atoms with Crippen LogP contribution in [0.15, 0.2) is 30.3 Å². The number of benzene rings is 1. The fourth-order valence-electron chi connectivity index (χ4n) is 2.69. The van der Waals surface area contributed by atoms with Crippen LogP contribution in [0.5, 0.6) is 0 Å². The van der Waals surface area contributed by atoms with Gasteiger partial charge in [-0.1, -0.05) is 56.0 Å². The number of hydrogen-bond acceptors (Lipinski definition) is 3. The molecule has 1 aromatic carbocycles. The molecule has 2 rings (SSSR count). The second kappa shape index (κ2) is 9.42. The van der Waals surface area contributed by atoms with Crippen molar-refractivity contribution in [3.8, 4) is 0 Å². The van der Waals surface area contributed by atoms with Crippen LogP contribution in [-0.4, -0.2) is 13.2 Å². The van der Waals surface area contributed by atoms with E-state index in [1.807, 2.05) is 31.2 Å². The summed E-state index contributed by atoms with van der Waals surface area (Å²) >= 11 is 0. The Kier molecular flexibility index (Phi) is 7.54. The van der Waals surface area contributed by atoms with E-state index in [0.717, 1.165) is 24.8 Å². The first-order valence-electron chi connectivity index (χ1n) is 8.41. The lowest BCUT2D eigenvalue weighted by molar-refractivity contribution is -0.213. The summed E-state index contributed by atoms with van der Waals surface area (Å²) in [6.45, 7) is 2.73. The first kappa shape index (κ1) is 17.6. The fraction of sp³-hybridized carbons (Fsp3) is 0.556. The van der Waals surface area contributed by atoms with Crippen molar-refractivity contribution in [1.82, 2.24) is 0 Å². The molecule has 1 aliphatic heterocycles. The van der Waals surface area contributed by atoms with Crippen molar-refractivity contribution < 1.29 is 13.9 Å². The molecule has 0 aromatic heterocycles. The molecular formula is C18H27O3P. The molecule has 0 saturated carbocycles. The van der Waals surface area contributed by atoms with Gasteiger partial charge in [-0.15, -0.1) is 0 Å². The van der Waals surface area contributed by atoms with Gasteiger partial charge in [-0.3, -0.25) is 0 Å². The van der Waals surface area contributed by atoms with Crippen molar-refractivity contribution >= 4 is 19.3 Å². The van der Waals surface area contributed by atoms with Crippen LogP contribution in [0.3, 0.4) is 0 Å². The normalized spacial score (nSPS) is 25.9. The summed E-state index contributed by atoms with van der Waals surface area (Å²) in [6, 6.07) is 7.70. The van der Waals surface area contributed by atoms with Crippen LogP contribution in [0.25, 0.3) is 6.08 Å². The monoisotopic (exact) mass is 322 g/mol. The zero-order valence-electron chi connectivity index (χ0n) is 13.5. The van der Waals surface area contributed by atoms with Gasteiger partial charge in [-0.25, -0.2) is 9.05 Å². The third kappa shape index (κ3) is 5.17. The van der Waals surface area contributed by atoms with Gasteiger partial charge in [0.1, 0.15) is 0 Å². The van der Waals surface area contributed by atoms with E-state index >= 15 is 0 Å². The quantitative estimate of drug-likeness (QED) is 0.765. The van der Waals surface area contributed by atoms with Crippen LogP contribution in [0, 0.1) is 0 Å². The summed E-state index contributed by atoms with van der Waals surface area (Å²) in [5.41, 5.74) is 0.941. The van der Waals surface area contributed by atoms with E-state index in [4.69, 9.17) is 9.05 Å². The summed E-state index contributed by atoms with van der Waals surface area (Å²) < 4.78 is 11.3. The van der Waals surface area contributed by atoms with Gasteiger partial charge in [0.25, 0.3) is 7.94 Å². The molecule has 1 aromatic rings. The second-order valence-electron chi connectivity index (χ2n) is 5.62. The average molecular weight is 322 g/mol. The SMILES string of the molecule is CCO[P+]1([O-])OCCCCCCCC/C=C/c2ccccc21. The van der Waals surface area contributed by atoms with Crippen molar-refractivity contribution in [2.75, 3.05) is 13.2 Å². The number of allylic oxidation sites excluding steroid dienone is 1. The largest absolute Gasteiger partial charge is 0.627 e. The Morgan fingerprint density at radius 1 is 1.09 bits per heavy atom. The molecule has 1 atom stereocenters. The van der Waals surface area contributed by atoms with E-state index in [-0.39, 0.29) is 0 Å². The van der Waals surface area contributed by atoms with E-state index in [9.17, 15) is 4.89 Å². The van der Waals surface area contributed by atoms with Crippen LogP contribution >= 0.6 is 7.94 Å². The predicted octanol–water partition coefficient (Wildman–Crippen LogP) is 4.25. The standard InChI is InChI=1S/C18H27O3P/c1-2-20-22(19)18-15-11-10-14-17(18)13-9-7-5-3-4-6-8-12-16-21-22/h9-11,13-15H,2-8,12,16H2,1H3/b13-9+. The summed E-state index contributed by atoms with van der Waals surface area (Å²) in [6.07, 6.45) is 12.3. The molecule has 0 fully saturated rings. The third-order valence-electron chi connectivity index (χ3n) is 3.85. The second-order valence-corrected chi connectivity index (χ2v) is 7.61. The van der Waals surface area contributed by atoms with Crippen LogP contribution in [0.2, 0.25) is 0 Å². The molecule has 0 N–H and O–H groups in total.